The van der Waals surface area contributed by atoms with Crippen molar-refractivity contribution in [1.82, 2.24) is 5.32 Å². The summed E-state index contributed by atoms with van der Waals surface area (Å²) >= 11 is 7.33. The number of carbonyl (C=O) groups is 2. The summed E-state index contributed by atoms with van der Waals surface area (Å²) in [5.41, 5.74) is 1.18. The van der Waals surface area contributed by atoms with Gasteiger partial charge in [0.2, 0.25) is 0 Å². The fourth-order valence-corrected chi connectivity index (χ4v) is 3.51. The number of nitrogens with one attached hydrogen (secondary N) is 2. The summed E-state index contributed by atoms with van der Waals surface area (Å²) in [6.45, 7) is 1.93. The quantitative estimate of drug-likeness (QED) is 0.566. The first-order chi connectivity index (χ1) is 13.0. The fourth-order valence-electron chi connectivity index (χ4n) is 2.39. The molecule has 2 amide bonds. The third-order valence-corrected chi connectivity index (χ3v) is 5.46. The van der Waals surface area contributed by atoms with Crippen LogP contribution in [0.3, 0.4) is 0 Å². The van der Waals surface area contributed by atoms with Crippen molar-refractivity contribution in [3.63, 3.8) is 0 Å². The number of amides is 2. The molecule has 2 heterocycles. The lowest BCUT2D eigenvalue weighted by molar-refractivity contribution is -0.136. The van der Waals surface area contributed by atoms with E-state index in [0.717, 1.165) is 4.88 Å². The van der Waals surface area contributed by atoms with Gasteiger partial charge in [0.05, 0.1) is 12.8 Å². The molecule has 2 aromatic heterocycles. The average molecular weight is 405 g/mol. The van der Waals surface area contributed by atoms with Crippen LogP contribution in [-0.4, -0.2) is 16.9 Å². The number of anilines is 1. The van der Waals surface area contributed by atoms with Gasteiger partial charge in [-0.05, 0) is 48.9 Å². The minimum absolute atomic E-state index is 0.177. The lowest BCUT2D eigenvalue weighted by atomic mass is 10.2. The molecule has 0 aliphatic carbocycles. The second-order valence-electron chi connectivity index (χ2n) is 5.77. The van der Waals surface area contributed by atoms with Gasteiger partial charge in [-0.25, -0.2) is 0 Å². The zero-order chi connectivity index (χ0) is 19.4. The third kappa shape index (κ3) is 4.57. The number of thiophene rings is 1. The normalized spacial score (nSPS) is 11.8. The van der Waals surface area contributed by atoms with Gasteiger partial charge in [0.25, 0.3) is 0 Å². The highest BCUT2D eigenvalue weighted by Gasteiger charge is 2.18. The predicted molar refractivity (Wildman–Crippen MR) is 104 cm³/mol. The first-order valence-corrected chi connectivity index (χ1v) is 9.29. The van der Waals surface area contributed by atoms with Gasteiger partial charge in [-0.3, -0.25) is 9.59 Å². The summed E-state index contributed by atoms with van der Waals surface area (Å²) in [4.78, 5) is 25.6. The highest BCUT2D eigenvalue weighted by atomic mass is 35.5. The second-order valence-corrected chi connectivity index (χ2v) is 7.38. The molecule has 1 aromatic carbocycles. The molecule has 0 fully saturated rings. The molecule has 3 rings (SSSR count). The molecule has 140 valence electrons. The summed E-state index contributed by atoms with van der Waals surface area (Å²) in [5.74, 6) is -1.08. The fraction of sp³-hybridized carbons (Fsp3) is 0.158. The van der Waals surface area contributed by atoms with Crippen LogP contribution in [0.25, 0.3) is 0 Å². The lowest BCUT2D eigenvalue weighted by Gasteiger charge is -2.09. The van der Waals surface area contributed by atoms with Gasteiger partial charge in [-0.15, -0.1) is 11.3 Å². The standard InChI is InChI=1S/C19H17ClN2O4S/c1-11-13(20)4-2-5-14(11)22-19(25)18(24)21-10-12-7-8-16(27-12)17(23)15-6-3-9-26-15/h2-9,17,23H,10H2,1H3,(H,21,24)(H,22,25)/t17-/m1/s1. The Balaban J connectivity index is 1.56. The number of aliphatic hydroxyl groups excluding tert-OH is 1. The Morgan fingerprint density at radius 1 is 1.19 bits per heavy atom. The smallest absolute Gasteiger partial charge is 0.313 e. The summed E-state index contributed by atoms with van der Waals surface area (Å²) < 4.78 is 5.19. The highest BCUT2D eigenvalue weighted by molar-refractivity contribution is 7.12. The maximum absolute atomic E-state index is 12.1. The van der Waals surface area contributed by atoms with Crippen LogP contribution < -0.4 is 10.6 Å². The highest BCUT2D eigenvalue weighted by Crippen LogP contribution is 2.28. The molecule has 27 heavy (non-hydrogen) atoms. The van der Waals surface area contributed by atoms with E-state index in [-0.39, 0.29) is 6.54 Å². The largest absolute Gasteiger partial charge is 0.466 e. The zero-order valence-corrected chi connectivity index (χ0v) is 15.9. The number of halogens is 1. The van der Waals surface area contributed by atoms with Crippen LogP contribution in [0.4, 0.5) is 5.69 Å². The number of carbonyl (C=O) groups excluding carboxylic acids is 2. The molecule has 8 heteroatoms. The minimum Gasteiger partial charge on any atom is -0.466 e. The van der Waals surface area contributed by atoms with Gasteiger partial charge in [0.1, 0.15) is 11.9 Å². The van der Waals surface area contributed by atoms with E-state index in [4.69, 9.17) is 16.0 Å². The Hall–Kier alpha value is -2.61. The van der Waals surface area contributed by atoms with E-state index in [1.165, 1.54) is 17.6 Å². The van der Waals surface area contributed by atoms with Gasteiger partial charge in [-0.2, -0.15) is 0 Å². The van der Waals surface area contributed by atoms with Crippen LogP contribution >= 0.6 is 22.9 Å². The average Bonchev–Trinajstić information content (AvgIpc) is 3.34. The number of hydrogen-bond acceptors (Lipinski definition) is 5. The molecule has 1 atom stereocenters. The van der Waals surface area contributed by atoms with Crippen molar-refractivity contribution in [3.05, 3.63) is 74.8 Å². The summed E-state index contributed by atoms with van der Waals surface area (Å²) in [7, 11) is 0. The molecule has 0 saturated carbocycles. The van der Waals surface area contributed by atoms with Crippen molar-refractivity contribution in [2.75, 3.05) is 5.32 Å². The number of hydrogen-bond donors (Lipinski definition) is 3. The lowest BCUT2D eigenvalue weighted by Crippen LogP contribution is -2.34. The van der Waals surface area contributed by atoms with Crippen molar-refractivity contribution in [2.24, 2.45) is 0 Å². The third-order valence-electron chi connectivity index (χ3n) is 3.91. The van der Waals surface area contributed by atoms with Crippen LogP contribution in [0.2, 0.25) is 5.02 Å². The van der Waals surface area contributed by atoms with Crippen LogP contribution in [0.5, 0.6) is 0 Å². The molecule has 0 spiro atoms. The van der Waals surface area contributed by atoms with E-state index in [1.807, 2.05) is 0 Å². The van der Waals surface area contributed by atoms with E-state index in [9.17, 15) is 14.7 Å². The Labute approximate surface area is 164 Å². The number of rotatable bonds is 5. The van der Waals surface area contributed by atoms with Crippen LogP contribution in [-0.2, 0) is 16.1 Å². The molecule has 0 aliphatic rings. The molecule has 0 radical (unpaired) electrons. The first kappa shape index (κ1) is 19.2. The van der Waals surface area contributed by atoms with Crippen molar-refractivity contribution in [2.45, 2.75) is 19.6 Å². The summed E-state index contributed by atoms with van der Waals surface area (Å²) in [6.07, 6.45) is 0.636. The predicted octanol–water partition coefficient (Wildman–Crippen LogP) is 3.64. The minimum atomic E-state index is -0.858. The van der Waals surface area contributed by atoms with E-state index in [0.29, 0.717) is 26.9 Å². The molecule has 3 N–H and O–H groups in total. The summed E-state index contributed by atoms with van der Waals surface area (Å²) in [6, 6.07) is 12.0. The second kappa shape index (κ2) is 8.39. The summed E-state index contributed by atoms with van der Waals surface area (Å²) in [5, 5.41) is 15.8. The van der Waals surface area contributed by atoms with Gasteiger partial charge in [-0.1, -0.05) is 17.7 Å². The van der Waals surface area contributed by atoms with Crippen molar-refractivity contribution in [3.8, 4) is 0 Å². The first-order valence-electron chi connectivity index (χ1n) is 8.10. The van der Waals surface area contributed by atoms with E-state index < -0.39 is 17.9 Å². The van der Waals surface area contributed by atoms with Gasteiger partial charge in [0, 0.05) is 20.5 Å². The van der Waals surface area contributed by atoms with Gasteiger partial charge in [0.15, 0.2) is 0 Å². The molecular formula is C19H17ClN2O4S. The number of furan rings is 1. The van der Waals surface area contributed by atoms with Crippen molar-refractivity contribution in [1.29, 1.82) is 0 Å². The maximum Gasteiger partial charge on any atom is 0.313 e. The molecule has 3 aromatic rings. The molecule has 6 nitrogen and oxygen atoms in total. The topological polar surface area (TPSA) is 91.6 Å². The zero-order valence-electron chi connectivity index (χ0n) is 14.4. The number of benzene rings is 1. The maximum atomic E-state index is 12.1. The molecule has 0 unspecified atom stereocenters. The Bertz CT molecular complexity index is 953. The van der Waals surface area contributed by atoms with Gasteiger partial charge >= 0.3 is 11.8 Å². The molecule has 0 saturated heterocycles. The monoisotopic (exact) mass is 404 g/mol. The van der Waals surface area contributed by atoms with Crippen molar-refractivity contribution < 1.29 is 19.1 Å². The SMILES string of the molecule is Cc1c(Cl)cccc1NC(=O)C(=O)NCc1ccc([C@H](O)c2ccco2)s1. The Morgan fingerprint density at radius 3 is 2.74 bits per heavy atom. The molecule has 0 aliphatic heterocycles. The molecule has 0 bridgehead atoms. The van der Waals surface area contributed by atoms with Crippen LogP contribution in [0, 0.1) is 6.92 Å². The van der Waals surface area contributed by atoms with E-state index >= 15 is 0 Å². The van der Waals surface area contributed by atoms with Crippen molar-refractivity contribution >= 4 is 40.4 Å². The van der Waals surface area contributed by atoms with Crippen LogP contribution in [0.15, 0.2) is 53.1 Å². The van der Waals surface area contributed by atoms with E-state index in [2.05, 4.69) is 10.6 Å². The number of aliphatic hydroxyl groups is 1. The Kier molecular flexibility index (Phi) is 5.95. The van der Waals surface area contributed by atoms with Gasteiger partial charge < -0.3 is 20.2 Å². The Morgan fingerprint density at radius 2 is 2.00 bits per heavy atom. The molecular weight excluding hydrogens is 388 g/mol. The van der Waals surface area contributed by atoms with Crippen LogP contribution in [0.1, 0.15) is 27.2 Å². The van der Waals surface area contributed by atoms with E-state index in [1.54, 1.807) is 49.4 Å².